The molecule has 1 aromatic heterocycles. The third-order valence-electron chi connectivity index (χ3n) is 3.66. The number of halogens is 4. The van der Waals surface area contributed by atoms with Crippen LogP contribution in [0.25, 0.3) is 5.69 Å². The van der Waals surface area contributed by atoms with Crippen LogP contribution in [0, 0.1) is 11.7 Å². The van der Waals surface area contributed by atoms with Gasteiger partial charge in [0, 0.05) is 13.0 Å². The third-order valence-corrected chi connectivity index (χ3v) is 3.66. The van der Waals surface area contributed by atoms with Gasteiger partial charge >= 0.3 is 6.18 Å². The second kappa shape index (κ2) is 7.12. The van der Waals surface area contributed by atoms with Crippen molar-refractivity contribution in [2.24, 2.45) is 5.92 Å². The highest BCUT2D eigenvalue weighted by Crippen LogP contribution is 2.29. The van der Waals surface area contributed by atoms with Gasteiger partial charge in [-0.25, -0.2) is 9.37 Å². The topological polar surface area (TPSA) is 72.9 Å². The highest BCUT2D eigenvalue weighted by Gasteiger charge is 2.37. The van der Waals surface area contributed by atoms with Crippen LogP contribution < -0.4 is 16.6 Å². The van der Waals surface area contributed by atoms with Crippen molar-refractivity contribution in [3.05, 3.63) is 46.3 Å². The molecule has 1 unspecified atom stereocenters. The van der Waals surface area contributed by atoms with E-state index in [0.717, 1.165) is 23.6 Å². The van der Waals surface area contributed by atoms with Crippen LogP contribution in [0.3, 0.4) is 0 Å². The van der Waals surface area contributed by atoms with Gasteiger partial charge < -0.3 is 11.1 Å². The van der Waals surface area contributed by atoms with Gasteiger partial charge in [0.15, 0.2) is 5.82 Å². The minimum Gasteiger partial charge on any atom is -0.391 e. The highest BCUT2D eigenvalue weighted by molar-refractivity contribution is 5.61. The zero-order valence-corrected chi connectivity index (χ0v) is 13.7. The zero-order valence-electron chi connectivity index (χ0n) is 13.7. The SMILES string of the molecule is CCNc1nc(CC(C)C(F)(F)F)n(-c2ccc(F)cc2)c(=O)c1N. The van der Waals surface area contributed by atoms with E-state index in [1.807, 2.05) is 0 Å². The van der Waals surface area contributed by atoms with E-state index < -0.39 is 29.9 Å². The quantitative estimate of drug-likeness (QED) is 0.806. The Morgan fingerprint density at radius 2 is 1.88 bits per heavy atom. The van der Waals surface area contributed by atoms with Crippen LogP contribution in [-0.4, -0.2) is 22.3 Å². The number of hydrogen-bond acceptors (Lipinski definition) is 4. The first kappa shape index (κ1) is 18.8. The maximum Gasteiger partial charge on any atom is 0.391 e. The van der Waals surface area contributed by atoms with E-state index in [1.54, 1.807) is 6.92 Å². The van der Waals surface area contributed by atoms with Crippen molar-refractivity contribution in [2.75, 3.05) is 17.6 Å². The molecule has 0 saturated heterocycles. The molecule has 0 spiro atoms. The van der Waals surface area contributed by atoms with E-state index in [9.17, 15) is 22.4 Å². The number of aromatic nitrogens is 2. The summed E-state index contributed by atoms with van der Waals surface area (Å²) in [4.78, 5) is 16.7. The molecule has 3 N–H and O–H groups in total. The van der Waals surface area contributed by atoms with Gasteiger partial charge in [-0.1, -0.05) is 6.92 Å². The fourth-order valence-corrected chi connectivity index (χ4v) is 2.26. The van der Waals surface area contributed by atoms with Crippen molar-refractivity contribution in [3.8, 4) is 5.69 Å². The average Bonchev–Trinajstić information content (AvgIpc) is 2.53. The van der Waals surface area contributed by atoms with Crippen molar-refractivity contribution < 1.29 is 17.6 Å². The van der Waals surface area contributed by atoms with E-state index in [0.29, 0.717) is 6.54 Å². The van der Waals surface area contributed by atoms with E-state index >= 15 is 0 Å². The number of nitrogens with zero attached hydrogens (tertiary/aromatic N) is 2. The third kappa shape index (κ3) is 4.09. The first-order valence-electron chi connectivity index (χ1n) is 7.63. The van der Waals surface area contributed by atoms with Gasteiger partial charge in [0.1, 0.15) is 17.3 Å². The lowest BCUT2D eigenvalue weighted by Crippen LogP contribution is -2.31. The van der Waals surface area contributed by atoms with Crippen molar-refractivity contribution >= 4 is 11.5 Å². The van der Waals surface area contributed by atoms with Crippen LogP contribution in [0.15, 0.2) is 29.1 Å². The molecule has 0 saturated carbocycles. The smallest absolute Gasteiger partial charge is 0.391 e. The van der Waals surface area contributed by atoms with Crippen LogP contribution in [0.4, 0.5) is 29.1 Å². The van der Waals surface area contributed by atoms with Gasteiger partial charge in [-0.2, -0.15) is 13.2 Å². The Kier molecular flexibility index (Phi) is 5.34. The van der Waals surface area contributed by atoms with Crippen molar-refractivity contribution in [2.45, 2.75) is 26.4 Å². The summed E-state index contributed by atoms with van der Waals surface area (Å²) in [5.41, 5.74) is 5.04. The molecule has 1 heterocycles. The molecule has 0 radical (unpaired) electrons. The van der Waals surface area contributed by atoms with Gasteiger partial charge in [0.25, 0.3) is 5.56 Å². The lowest BCUT2D eigenvalue weighted by molar-refractivity contribution is -0.169. The fraction of sp³-hybridized carbons (Fsp3) is 0.375. The van der Waals surface area contributed by atoms with Crippen LogP contribution in [0.2, 0.25) is 0 Å². The molecule has 0 aliphatic heterocycles. The summed E-state index contributed by atoms with van der Waals surface area (Å²) in [6.07, 6.45) is -4.96. The predicted octanol–water partition coefficient (Wildman–Crippen LogP) is 3.13. The van der Waals surface area contributed by atoms with Crippen LogP contribution >= 0.6 is 0 Å². The monoisotopic (exact) mass is 358 g/mol. The van der Waals surface area contributed by atoms with E-state index in [4.69, 9.17) is 5.73 Å². The summed E-state index contributed by atoms with van der Waals surface area (Å²) >= 11 is 0. The molecule has 1 atom stereocenters. The van der Waals surface area contributed by atoms with Crippen molar-refractivity contribution in [1.29, 1.82) is 0 Å². The number of benzene rings is 1. The van der Waals surface area contributed by atoms with Crippen LogP contribution in [-0.2, 0) is 6.42 Å². The standard InChI is InChI=1S/C16H18F4N4O/c1-3-22-14-13(21)15(25)24(11-6-4-10(17)5-7-11)12(23-14)8-9(2)16(18,19)20/h4-7,9,22H,3,8,21H2,1-2H3. The van der Waals surface area contributed by atoms with E-state index in [1.165, 1.54) is 12.1 Å². The molecule has 2 rings (SSSR count). The van der Waals surface area contributed by atoms with Gasteiger partial charge in [-0.05, 0) is 31.2 Å². The summed E-state index contributed by atoms with van der Waals surface area (Å²) in [7, 11) is 0. The second-order valence-corrected chi connectivity index (χ2v) is 5.58. The average molecular weight is 358 g/mol. The summed E-state index contributed by atoms with van der Waals surface area (Å²) < 4.78 is 52.9. The number of anilines is 2. The second-order valence-electron chi connectivity index (χ2n) is 5.58. The van der Waals surface area contributed by atoms with Gasteiger partial charge in [0.2, 0.25) is 0 Å². The summed E-state index contributed by atoms with van der Waals surface area (Å²) in [5, 5.41) is 2.77. The summed E-state index contributed by atoms with van der Waals surface area (Å²) in [5.74, 6) is -2.32. The molecule has 5 nitrogen and oxygen atoms in total. The van der Waals surface area contributed by atoms with Gasteiger partial charge in [-0.3, -0.25) is 9.36 Å². The van der Waals surface area contributed by atoms with E-state index in [-0.39, 0.29) is 23.0 Å². The number of rotatable bonds is 5. The Morgan fingerprint density at radius 3 is 2.40 bits per heavy atom. The Bertz CT molecular complexity index is 800. The molecular formula is C16H18F4N4O. The molecule has 0 bridgehead atoms. The maximum absolute atomic E-state index is 13.1. The minimum atomic E-state index is -4.44. The molecule has 0 amide bonds. The highest BCUT2D eigenvalue weighted by atomic mass is 19.4. The van der Waals surface area contributed by atoms with Crippen LogP contribution in [0.1, 0.15) is 19.7 Å². The van der Waals surface area contributed by atoms with Gasteiger partial charge in [0.05, 0.1) is 11.6 Å². The summed E-state index contributed by atoms with van der Waals surface area (Å²) in [6, 6.07) is 4.78. The van der Waals surface area contributed by atoms with E-state index in [2.05, 4.69) is 10.3 Å². The number of nitrogens with one attached hydrogen (secondary N) is 1. The largest absolute Gasteiger partial charge is 0.391 e. The molecule has 136 valence electrons. The number of alkyl halides is 3. The molecule has 25 heavy (non-hydrogen) atoms. The first-order chi connectivity index (χ1) is 11.6. The molecule has 0 aliphatic carbocycles. The predicted molar refractivity (Wildman–Crippen MR) is 87.3 cm³/mol. The Balaban J connectivity index is 2.64. The minimum absolute atomic E-state index is 0.0373. The first-order valence-corrected chi connectivity index (χ1v) is 7.63. The molecule has 0 aliphatic rings. The fourth-order valence-electron chi connectivity index (χ4n) is 2.26. The molecule has 2 aromatic rings. The maximum atomic E-state index is 13.1. The Hall–Kier alpha value is -2.58. The lowest BCUT2D eigenvalue weighted by Gasteiger charge is -2.20. The molecule has 0 fully saturated rings. The number of nitrogens with two attached hydrogens (primary N) is 1. The molecular weight excluding hydrogens is 340 g/mol. The normalized spacial score (nSPS) is 12.9. The van der Waals surface area contributed by atoms with Crippen molar-refractivity contribution in [3.63, 3.8) is 0 Å². The number of nitrogen functional groups attached to an aromatic ring is 1. The van der Waals surface area contributed by atoms with Crippen molar-refractivity contribution in [1.82, 2.24) is 9.55 Å². The zero-order chi connectivity index (χ0) is 18.8. The summed E-state index contributed by atoms with van der Waals surface area (Å²) in [6.45, 7) is 3.14. The Morgan fingerprint density at radius 1 is 1.28 bits per heavy atom. The Labute approximate surface area is 141 Å². The number of hydrogen-bond donors (Lipinski definition) is 2. The van der Waals surface area contributed by atoms with Crippen LogP contribution in [0.5, 0.6) is 0 Å². The molecule has 1 aromatic carbocycles. The van der Waals surface area contributed by atoms with Gasteiger partial charge in [-0.15, -0.1) is 0 Å². The molecule has 9 heteroatoms. The lowest BCUT2D eigenvalue weighted by atomic mass is 10.1.